The summed E-state index contributed by atoms with van der Waals surface area (Å²) in [7, 11) is 0. The van der Waals surface area contributed by atoms with Crippen LogP contribution in [0.25, 0.3) is 55.7 Å². The zero-order chi connectivity index (χ0) is 37.1. The van der Waals surface area contributed by atoms with Gasteiger partial charge < -0.3 is 14.4 Å². The molecular weight excluding hydrogens is 901 g/mol. The summed E-state index contributed by atoms with van der Waals surface area (Å²) in [4.78, 5) is 18.6. The van der Waals surface area contributed by atoms with Crippen LogP contribution in [0.15, 0.2) is 102 Å². The summed E-state index contributed by atoms with van der Waals surface area (Å²) in [5.41, 5.74) is 11.1. The molecule has 1 atom stereocenters. The molecule has 1 aliphatic carbocycles. The van der Waals surface area contributed by atoms with Crippen molar-refractivity contribution in [2.45, 2.75) is 88.9 Å². The zero-order valence-electron chi connectivity index (χ0n) is 32.5. The monoisotopic (exact) mass is 953 g/mol. The predicted molar refractivity (Wildman–Crippen MR) is 222 cm³/mol. The number of hydrogen-bond donors (Lipinski definition) is 0. The first kappa shape index (κ1) is 39.7. The second-order valence-corrected chi connectivity index (χ2v) is 26.5. The number of rotatable bonds is 7. The number of benzene rings is 2. The van der Waals surface area contributed by atoms with E-state index in [1.54, 1.807) is 0 Å². The van der Waals surface area contributed by atoms with Crippen molar-refractivity contribution in [3.8, 4) is 33.6 Å². The van der Waals surface area contributed by atoms with Crippen LogP contribution < -0.4 is 4.40 Å². The average molecular weight is 952 g/mol. The van der Waals surface area contributed by atoms with Crippen molar-refractivity contribution >= 4 is 39.7 Å². The van der Waals surface area contributed by atoms with E-state index >= 15 is 0 Å². The molecule has 2 aromatic carbocycles. The smallest absolute Gasteiger partial charge is 0.217 e. The molecule has 7 aromatic rings. The van der Waals surface area contributed by atoms with Gasteiger partial charge in [0.2, 0.25) is 5.71 Å². The van der Waals surface area contributed by atoms with Crippen LogP contribution in [0.5, 0.6) is 0 Å². The van der Waals surface area contributed by atoms with Gasteiger partial charge in [-0.3, -0.25) is 0 Å². The quantitative estimate of drug-likeness (QED) is 0.118. The fourth-order valence-corrected chi connectivity index (χ4v) is 11.4. The molecule has 5 nitrogen and oxygen atoms in total. The van der Waals surface area contributed by atoms with Gasteiger partial charge >= 0.3 is 119 Å². The van der Waals surface area contributed by atoms with Crippen molar-refractivity contribution in [2.75, 3.05) is 0 Å². The summed E-state index contributed by atoms with van der Waals surface area (Å²) in [6, 6.07) is 30.4. The summed E-state index contributed by atoms with van der Waals surface area (Å²) in [5, 5.41) is 1.93. The molecule has 5 heterocycles. The molecule has 1 unspecified atom stereocenters. The summed E-state index contributed by atoms with van der Waals surface area (Å²) in [5.74, 6) is 9.09. The molecule has 1 saturated carbocycles. The molecule has 0 spiro atoms. The van der Waals surface area contributed by atoms with Crippen LogP contribution in [0, 0.1) is 25.1 Å². The minimum absolute atomic E-state index is 0. The van der Waals surface area contributed by atoms with Crippen molar-refractivity contribution in [1.29, 1.82) is 0 Å². The number of aryl methyl sites for hydroxylation is 1. The number of pyridine rings is 4. The molecule has 5 aromatic heterocycles. The van der Waals surface area contributed by atoms with Crippen LogP contribution >= 0.6 is 0 Å². The van der Waals surface area contributed by atoms with E-state index < -0.39 is 13.3 Å². The van der Waals surface area contributed by atoms with Gasteiger partial charge in [0.25, 0.3) is 0 Å². The third-order valence-corrected chi connectivity index (χ3v) is 15.0. The first-order chi connectivity index (χ1) is 25.6. The predicted octanol–water partition coefficient (Wildman–Crippen LogP) is 12.1. The van der Waals surface area contributed by atoms with Gasteiger partial charge in [-0.15, -0.1) is 0 Å². The van der Waals surface area contributed by atoms with E-state index in [4.69, 9.17) is 14.4 Å². The summed E-state index contributed by atoms with van der Waals surface area (Å²) in [6.45, 7) is 8.90. The van der Waals surface area contributed by atoms with Gasteiger partial charge in [0.1, 0.15) is 0 Å². The molecule has 279 valence electrons. The van der Waals surface area contributed by atoms with Crippen molar-refractivity contribution in [3.05, 3.63) is 127 Å². The van der Waals surface area contributed by atoms with Crippen molar-refractivity contribution < 1.29 is 24.5 Å². The van der Waals surface area contributed by atoms with Gasteiger partial charge in [0.15, 0.2) is 0 Å². The van der Waals surface area contributed by atoms with Gasteiger partial charge in [0.05, 0.1) is 5.58 Å². The number of hydrogen-bond acceptors (Lipinski definition) is 5. The Balaban J connectivity index is 0.000000213. The van der Waals surface area contributed by atoms with Gasteiger partial charge in [-0.1, -0.05) is 73.7 Å². The molecule has 1 fully saturated rings. The van der Waals surface area contributed by atoms with Crippen LogP contribution in [0.3, 0.4) is 0 Å². The molecular formula is C47H50GeIrN4O-2. The van der Waals surface area contributed by atoms with Gasteiger partial charge in [0, 0.05) is 37.4 Å². The Morgan fingerprint density at radius 1 is 0.833 bits per heavy atom. The van der Waals surface area contributed by atoms with E-state index in [1.165, 1.54) is 47.6 Å². The number of nitrogens with zero attached hydrogens (tertiary/aromatic N) is 4. The largest absolute Gasteiger partial charge is 0.486 e. The molecule has 1 aliphatic rings. The van der Waals surface area contributed by atoms with Crippen LogP contribution in [0.2, 0.25) is 17.3 Å². The van der Waals surface area contributed by atoms with E-state index in [9.17, 15) is 0 Å². The molecule has 7 heteroatoms. The first-order valence-corrected chi connectivity index (χ1v) is 26.5. The third-order valence-electron chi connectivity index (χ3n) is 10.8. The second kappa shape index (κ2) is 17.2. The number of furan rings is 1. The SMILES string of the molecule is CC(C)c1cc(-c2[c-]cccc2)nc[c]1[Ge]([CH3])([CH3])[CH3].Cc1cc(-c2ccccc2)c2c(n1)oc1c(-c3cc(C(C)C4CCCCC4)ccn3)[c-]ncc12.[Ir]. The molecule has 54 heavy (non-hydrogen) atoms. The van der Waals surface area contributed by atoms with Crippen LogP contribution in [0.4, 0.5) is 0 Å². The maximum atomic E-state index is 6.38. The summed E-state index contributed by atoms with van der Waals surface area (Å²) < 4.78 is 7.90. The van der Waals surface area contributed by atoms with Crippen LogP contribution in [0.1, 0.15) is 81.5 Å². The second-order valence-electron chi connectivity index (χ2n) is 15.9. The number of aromatic nitrogens is 4. The van der Waals surface area contributed by atoms with Crippen LogP contribution in [-0.4, -0.2) is 33.2 Å². The Bertz CT molecular complexity index is 2330. The standard InChI is InChI=1S/C30H28N3O.C17H22GeN.Ir/c1-19-15-24(22-11-7-4-8-12-22)28-26-18-31-17-25(29(26)34-30(28)33-19)27-16-23(13-14-32-27)20(2)21-9-5-3-6-10-21;1-13(2)15-11-17(14-9-7-6-8-10-14)19-12-16(15)18(3,4)5;/h4,7-8,11-16,18,20-21H,3,5-6,9-10H2,1-2H3;6-9,11-13H,1-5H3;/q2*-1;. The average Bonchev–Trinajstić information content (AvgIpc) is 3.56. The molecule has 0 aliphatic heterocycles. The Labute approximate surface area is 337 Å². The summed E-state index contributed by atoms with van der Waals surface area (Å²) >= 11 is -1.85. The molecule has 0 saturated heterocycles. The fraction of sp³-hybridized carbons (Fsp3) is 0.319. The van der Waals surface area contributed by atoms with Gasteiger partial charge in [-0.2, -0.15) is 0 Å². The molecule has 8 rings (SSSR count). The van der Waals surface area contributed by atoms with E-state index in [1.807, 2.05) is 43.6 Å². The topological polar surface area (TPSA) is 64.7 Å². The Morgan fingerprint density at radius 2 is 1.59 bits per heavy atom. The van der Waals surface area contributed by atoms with Crippen molar-refractivity contribution in [2.24, 2.45) is 5.92 Å². The third kappa shape index (κ3) is 8.62. The Kier molecular flexibility index (Phi) is 12.7. The van der Waals surface area contributed by atoms with Gasteiger partial charge in [-0.25, -0.2) is 4.98 Å². The van der Waals surface area contributed by atoms with E-state index in [-0.39, 0.29) is 20.1 Å². The normalized spacial score (nSPS) is 14.1. The van der Waals surface area contributed by atoms with Gasteiger partial charge in [-0.05, 0) is 78.3 Å². The first-order valence-electron chi connectivity index (χ1n) is 19.2. The van der Waals surface area contributed by atoms with E-state index in [2.05, 4.69) is 121 Å². The fourth-order valence-electron chi connectivity index (χ4n) is 7.83. The van der Waals surface area contributed by atoms with E-state index in [0.29, 0.717) is 17.5 Å². The Morgan fingerprint density at radius 3 is 2.30 bits per heavy atom. The minimum atomic E-state index is -1.85. The maximum Gasteiger partial charge on any atom is 0.217 e. The number of fused-ring (bicyclic) bond motifs is 3. The molecule has 0 N–H and O–H groups in total. The Hall–Kier alpha value is -3.97. The maximum absolute atomic E-state index is 6.38. The summed E-state index contributed by atoms with van der Waals surface area (Å²) in [6.07, 6.45) is 15.7. The molecule has 0 bridgehead atoms. The van der Waals surface area contributed by atoms with E-state index in [0.717, 1.165) is 61.6 Å². The minimum Gasteiger partial charge on any atom is -0.486 e. The van der Waals surface area contributed by atoms with Crippen LogP contribution in [-0.2, 0) is 20.1 Å². The zero-order valence-corrected chi connectivity index (χ0v) is 37.0. The van der Waals surface area contributed by atoms with Crippen molar-refractivity contribution in [1.82, 2.24) is 19.9 Å². The van der Waals surface area contributed by atoms with Crippen molar-refractivity contribution in [3.63, 3.8) is 0 Å². The molecule has 0 amide bonds. The molecule has 1 radical (unpaired) electrons.